The lowest BCUT2D eigenvalue weighted by Crippen LogP contribution is -2.42. The van der Waals surface area contributed by atoms with Crippen LogP contribution in [0.2, 0.25) is 0 Å². The molecule has 0 aliphatic heterocycles. The van der Waals surface area contributed by atoms with Gasteiger partial charge in [-0.05, 0) is 42.7 Å². The zero-order chi connectivity index (χ0) is 46.0. The molecule has 1 unspecified atom stereocenters. The molecule has 0 spiro atoms. The van der Waals surface area contributed by atoms with Crippen molar-refractivity contribution in [2.75, 3.05) is 26.1 Å². The lowest BCUT2D eigenvalue weighted by Gasteiger charge is -2.30. The fourth-order valence-electron chi connectivity index (χ4n) is 7.50. The smallest absolute Gasteiger partial charge is 0.459 e. The molecule has 0 aliphatic rings. The maximum absolute atomic E-state index is 14.7. The number of hydrogen-bond acceptors (Lipinski definition) is 10. The van der Waals surface area contributed by atoms with E-state index in [-0.39, 0.29) is 54.3 Å². The number of nitrogens with one attached hydrogen (secondary N) is 1. The summed E-state index contributed by atoms with van der Waals surface area (Å²) in [6.45, 7) is 1.91. The SMILES string of the molecule is C#C[C@](CCn1cnc2c(N)nc(F)nc21)(COP(=O)(N[C@@H](Cc1cc(F)cc(F)c1)C(=O)OCCCCCCCCCCCCCCCCCCCCC)Oc1ccccc1)OC. The Hall–Kier alpha value is -4.48. The molecule has 3 atom stereocenters. The first kappa shape index (κ1) is 52.1. The van der Waals surface area contributed by atoms with Crippen molar-refractivity contribution in [3.63, 3.8) is 0 Å². The van der Waals surface area contributed by atoms with Crippen LogP contribution in [0, 0.1) is 30.1 Å². The van der Waals surface area contributed by atoms with Gasteiger partial charge in [-0.2, -0.15) is 19.4 Å². The van der Waals surface area contributed by atoms with Crippen molar-refractivity contribution >= 4 is 30.7 Å². The monoisotopic (exact) mass is 912 g/mol. The van der Waals surface area contributed by atoms with Crippen LogP contribution in [0.5, 0.6) is 5.75 Å². The quantitative estimate of drug-likeness (QED) is 0.0151. The van der Waals surface area contributed by atoms with Gasteiger partial charge < -0.3 is 24.3 Å². The minimum atomic E-state index is -4.57. The third-order valence-corrected chi connectivity index (χ3v) is 12.8. The number of unbranched alkanes of at least 4 members (excludes halogenated alkanes) is 18. The molecule has 352 valence electrons. The van der Waals surface area contributed by atoms with E-state index >= 15 is 0 Å². The van der Waals surface area contributed by atoms with Crippen LogP contribution in [0.4, 0.5) is 19.0 Å². The van der Waals surface area contributed by atoms with E-state index in [1.54, 1.807) is 18.2 Å². The first-order valence-corrected chi connectivity index (χ1v) is 24.6. The molecule has 2 aromatic heterocycles. The Morgan fingerprint density at radius 3 is 1.97 bits per heavy atom. The van der Waals surface area contributed by atoms with E-state index in [2.05, 4.69) is 32.9 Å². The number of carbonyl (C=O) groups is 1. The van der Waals surface area contributed by atoms with Crippen molar-refractivity contribution in [1.29, 1.82) is 0 Å². The Bertz CT molecular complexity index is 2050. The molecule has 3 N–H and O–H groups in total. The van der Waals surface area contributed by atoms with E-state index in [4.69, 9.17) is 30.7 Å². The molecule has 0 radical (unpaired) electrons. The van der Waals surface area contributed by atoms with Gasteiger partial charge in [0.2, 0.25) is 0 Å². The Balaban J connectivity index is 1.30. The highest BCUT2D eigenvalue weighted by Crippen LogP contribution is 2.46. The summed E-state index contributed by atoms with van der Waals surface area (Å²) in [6.07, 6.45) is 29.5. The predicted octanol–water partition coefficient (Wildman–Crippen LogP) is 11.6. The number of rotatable bonds is 34. The molecular weight excluding hydrogens is 845 g/mol. The second-order valence-electron chi connectivity index (χ2n) is 16.5. The maximum atomic E-state index is 14.7. The molecule has 2 aromatic carbocycles. The van der Waals surface area contributed by atoms with Gasteiger partial charge in [-0.3, -0.25) is 9.32 Å². The molecule has 0 amide bonds. The average Bonchev–Trinajstić information content (AvgIpc) is 3.68. The summed E-state index contributed by atoms with van der Waals surface area (Å²) < 4.78 is 82.1. The minimum Gasteiger partial charge on any atom is -0.465 e. The van der Waals surface area contributed by atoms with Crippen molar-refractivity contribution in [2.24, 2.45) is 0 Å². The maximum Gasteiger partial charge on any atom is 0.459 e. The number of aromatic nitrogens is 4. The number of hydrogen-bond donors (Lipinski definition) is 2. The standard InChI is InChI=1S/C48H68F3N6O6P/c1-4-6-7-8-9-10-11-12-13-14-15-16-17-18-19-20-21-22-26-31-61-46(58)42(34-38-32-39(49)35-40(50)33-38)56-64(59,63-41-27-24-23-25-28-41)62-36-48(5-2,60-3)29-30-57-37-53-43-44(52)54-47(51)55-45(43)57/h2,23-25,27-28,32-33,35,37,42H,4,6-22,26,29-31,34,36H2,1,3H3,(H,56,59)(H2,52,54,55)/t42-,48-,64?/m0/s1. The van der Waals surface area contributed by atoms with E-state index < -0.39 is 49.7 Å². The predicted molar refractivity (Wildman–Crippen MR) is 245 cm³/mol. The van der Waals surface area contributed by atoms with Crippen LogP contribution in [-0.2, 0) is 36.3 Å². The van der Waals surface area contributed by atoms with Crippen LogP contribution < -0.4 is 15.3 Å². The van der Waals surface area contributed by atoms with Crippen LogP contribution in [0.25, 0.3) is 11.2 Å². The zero-order valence-electron chi connectivity index (χ0n) is 37.7. The first-order valence-electron chi connectivity index (χ1n) is 23.0. The van der Waals surface area contributed by atoms with Crippen molar-refractivity contribution in [2.45, 2.75) is 160 Å². The summed E-state index contributed by atoms with van der Waals surface area (Å²) >= 11 is 0. The number of imidazole rings is 1. The van der Waals surface area contributed by atoms with Gasteiger partial charge >= 0.3 is 19.8 Å². The Kier molecular flexibility index (Phi) is 23.2. The van der Waals surface area contributed by atoms with Gasteiger partial charge in [-0.15, -0.1) is 6.42 Å². The topological polar surface area (TPSA) is 153 Å². The number of fused-ring (bicyclic) bond motifs is 1. The van der Waals surface area contributed by atoms with Crippen molar-refractivity contribution in [3.05, 3.63) is 78.1 Å². The number of carbonyl (C=O) groups excluding carboxylic acids is 1. The van der Waals surface area contributed by atoms with Gasteiger partial charge in [0.15, 0.2) is 17.1 Å². The number of methoxy groups -OCH3 is 1. The van der Waals surface area contributed by atoms with Crippen molar-refractivity contribution in [3.8, 4) is 18.1 Å². The molecule has 0 aliphatic carbocycles. The zero-order valence-corrected chi connectivity index (χ0v) is 38.6. The third-order valence-electron chi connectivity index (χ3n) is 11.3. The Morgan fingerprint density at radius 1 is 0.859 bits per heavy atom. The summed E-state index contributed by atoms with van der Waals surface area (Å²) in [5.74, 6) is 0.0279. The average molecular weight is 913 g/mol. The second kappa shape index (κ2) is 28.4. The van der Waals surface area contributed by atoms with Gasteiger partial charge in [-0.25, -0.2) is 18.3 Å². The van der Waals surface area contributed by atoms with Gasteiger partial charge in [0.1, 0.15) is 28.9 Å². The number of aryl methyl sites for hydroxylation is 1. The number of esters is 1. The molecule has 12 nitrogen and oxygen atoms in total. The number of ether oxygens (including phenoxy) is 2. The summed E-state index contributed by atoms with van der Waals surface area (Å²) in [5, 5.41) is 2.69. The minimum absolute atomic E-state index is 0.0236. The van der Waals surface area contributed by atoms with Crippen LogP contribution >= 0.6 is 7.75 Å². The van der Waals surface area contributed by atoms with E-state index in [1.165, 1.54) is 126 Å². The Labute approximate surface area is 377 Å². The number of nitrogens with zero attached hydrogens (tertiary/aromatic N) is 4. The molecule has 0 fully saturated rings. The van der Waals surface area contributed by atoms with E-state index in [9.17, 15) is 22.5 Å². The normalized spacial score (nSPS) is 13.9. The van der Waals surface area contributed by atoms with E-state index in [0.29, 0.717) is 12.5 Å². The number of nitrogens with two attached hydrogens (primary N) is 1. The molecule has 2 heterocycles. The summed E-state index contributed by atoms with van der Waals surface area (Å²) in [4.78, 5) is 25.2. The summed E-state index contributed by atoms with van der Waals surface area (Å²) in [7, 11) is -3.23. The molecule has 0 saturated carbocycles. The van der Waals surface area contributed by atoms with Crippen LogP contribution in [0.15, 0.2) is 54.9 Å². The molecule has 0 saturated heterocycles. The van der Waals surface area contributed by atoms with Gasteiger partial charge in [0.25, 0.3) is 0 Å². The van der Waals surface area contributed by atoms with Gasteiger partial charge in [0, 0.05) is 26.1 Å². The van der Waals surface area contributed by atoms with Crippen LogP contribution in [0.1, 0.15) is 141 Å². The molecule has 4 rings (SSSR count). The summed E-state index contributed by atoms with van der Waals surface area (Å²) in [5.41, 5.74) is 4.70. The highest BCUT2D eigenvalue weighted by Gasteiger charge is 2.39. The van der Waals surface area contributed by atoms with Crippen LogP contribution in [-0.4, -0.2) is 57.5 Å². The fourth-order valence-corrected chi connectivity index (χ4v) is 9.04. The molecule has 16 heteroatoms. The molecule has 0 bridgehead atoms. The van der Waals surface area contributed by atoms with E-state index in [0.717, 1.165) is 31.4 Å². The Morgan fingerprint density at radius 2 is 1.42 bits per heavy atom. The second-order valence-corrected chi connectivity index (χ2v) is 18.1. The highest BCUT2D eigenvalue weighted by molar-refractivity contribution is 7.52. The van der Waals surface area contributed by atoms with Crippen LogP contribution in [0.3, 0.4) is 0 Å². The molecule has 64 heavy (non-hydrogen) atoms. The third kappa shape index (κ3) is 18.6. The summed E-state index contributed by atoms with van der Waals surface area (Å²) in [6, 6.07) is 9.52. The van der Waals surface area contributed by atoms with Gasteiger partial charge in [-0.1, -0.05) is 147 Å². The fraction of sp³-hybridized carbons (Fsp3) is 0.583. The van der Waals surface area contributed by atoms with Crippen molar-refractivity contribution in [1.82, 2.24) is 24.6 Å². The first-order chi connectivity index (χ1) is 31.0. The lowest BCUT2D eigenvalue weighted by atomic mass is 10.0. The number of benzene rings is 2. The number of halogens is 3. The lowest BCUT2D eigenvalue weighted by molar-refractivity contribution is -0.146. The number of terminal acetylenes is 1. The number of anilines is 1. The van der Waals surface area contributed by atoms with Crippen molar-refractivity contribution < 1.29 is 41.1 Å². The number of nitrogen functional groups attached to an aromatic ring is 1. The molecule has 4 aromatic rings. The largest absolute Gasteiger partial charge is 0.465 e. The van der Waals surface area contributed by atoms with E-state index in [1.807, 2.05) is 0 Å². The highest BCUT2D eigenvalue weighted by atomic mass is 31.2. The number of para-hydroxylation sites is 1. The van der Waals surface area contributed by atoms with Gasteiger partial charge in [0.05, 0.1) is 19.5 Å². The molecular formula is C48H68F3N6O6P.